The molecule has 0 aromatic carbocycles. The van der Waals surface area contributed by atoms with Crippen LogP contribution in [0.15, 0.2) is 29.5 Å². The summed E-state index contributed by atoms with van der Waals surface area (Å²) in [4.78, 5) is 43.5. The monoisotopic (exact) mass is 749 g/mol. The van der Waals surface area contributed by atoms with Crippen molar-refractivity contribution in [3.05, 3.63) is 39.5 Å². The number of carbonyl (C=O) groups excluding carboxylic acids is 2. The number of carboxylic acid groups (broad SMARTS) is 1. The standard InChI is InChI=1S/C42H56ClN3O5S/c1-23(2)32-27(47)20-42(35-46-45-34(52-35)26-12-10-24(43)22-44-26)19-18-40(8)25(33(32)42)11-13-29-39(7)16-15-30(51-31(48)21-37(3,4)36(49)50)38(5,6)28(39)14-17-41(29,40)9/h10,12,22-23,25,28-30H,11,13-21H2,1-9H3,(H,49,50)/t25-,28+,29-,30+,39+,40-,41-,42-/m1/s1. The molecule has 4 fully saturated rings. The maximum Gasteiger partial charge on any atom is 0.309 e. The highest BCUT2D eigenvalue weighted by atomic mass is 35.5. The van der Waals surface area contributed by atoms with Crippen LogP contribution >= 0.6 is 22.9 Å². The van der Waals surface area contributed by atoms with E-state index < -0.39 is 22.8 Å². The van der Waals surface area contributed by atoms with Crippen molar-refractivity contribution < 1.29 is 24.2 Å². The largest absolute Gasteiger partial charge is 0.481 e. The summed E-state index contributed by atoms with van der Waals surface area (Å²) in [6, 6.07) is 3.71. The van der Waals surface area contributed by atoms with Crippen LogP contribution in [0.5, 0.6) is 0 Å². The van der Waals surface area contributed by atoms with Crippen LogP contribution in [0.4, 0.5) is 0 Å². The molecule has 0 saturated heterocycles. The van der Waals surface area contributed by atoms with Gasteiger partial charge in [0.1, 0.15) is 16.8 Å². The van der Waals surface area contributed by atoms with Crippen molar-refractivity contribution in [2.24, 2.45) is 50.7 Å². The van der Waals surface area contributed by atoms with Crippen LogP contribution in [0, 0.1) is 50.7 Å². The number of hydrogen-bond acceptors (Lipinski definition) is 8. The van der Waals surface area contributed by atoms with Crippen LogP contribution in [0.25, 0.3) is 10.7 Å². The third kappa shape index (κ3) is 5.39. The molecule has 2 heterocycles. The maximum atomic E-state index is 14.2. The Kier molecular flexibility index (Phi) is 9.01. The number of nitrogens with zero attached hydrogens (tertiary/aromatic N) is 3. The van der Waals surface area contributed by atoms with Gasteiger partial charge in [0.25, 0.3) is 0 Å². The Labute approximate surface area is 318 Å². The second-order valence-corrected chi connectivity index (χ2v) is 20.7. The molecule has 0 unspecified atom stereocenters. The van der Waals surface area contributed by atoms with Crippen LogP contribution in [-0.2, 0) is 24.5 Å². The van der Waals surface area contributed by atoms with E-state index in [4.69, 9.17) is 21.4 Å². The number of aromatic nitrogens is 3. The minimum atomic E-state index is -1.16. The fourth-order valence-electron chi connectivity index (χ4n) is 12.7. The highest BCUT2D eigenvalue weighted by Crippen LogP contribution is 2.77. The first-order valence-electron chi connectivity index (χ1n) is 19.4. The summed E-state index contributed by atoms with van der Waals surface area (Å²) < 4.78 is 6.17. The van der Waals surface area contributed by atoms with Crippen LogP contribution in [-0.4, -0.2) is 44.1 Å². The van der Waals surface area contributed by atoms with Gasteiger partial charge in [-0.1, -0.05) is 71.4 Å². The number of carboxylic acids is 1. The highest BCUT2D eigenvalue weighted by molar-refractivity contribution is 7.14. The number of allylic oxidation sites excluding steroid dienone is 2. The zero-order valence-electron chi connectivity index (χ0n) is 32.4. The number of carbonyl (C=O) groups is 3. The number of pyridine rings is 1. The van der Waals surface area contributed by atoms with Crippen molar-refractivity contribution in [1.29, 1.82) is 0 Å². The zero-order valence-corrected chi connectivity index (χ0v) is 34.0. The van der Waals surface area contributed by atoms with E-state index in [0.717, 1.165) is 72.6 Å². The predicted octanol–water partition coefficient (Wildman–Crippen LogP) is 9.90. The van der Waals surface area contributed by atoms with E-state index >= 15 is 0 Å². The smallest absolute Gasteiger partial charge is 0.309 e. The van der Waals surface area contributed by atoms with E-state index in [0.29, 0.717) is 23.3 Å². The molecule has 1 N–H and O–H groups in total. The van der Waals surface area contributed by atoms with Gasteiger partial charge in [-0.25, -0.2) is 0 Å². The van der Waals surface area contributed by atoms with E-state index in [9.17, 15) is 19.5 Å². The predicted molar refractivity (Wildman–Crippen MR) is 203 cm³/mol. The van der Waals surface area contributed by atoms with E-state index in [-0.39, 0.29) is 51.8 Å². The number of Topliss-reactive ketones (excluding diaryl/α,β-unsaturated/α-hetero) is 1. The number of halogens is 1. The van der Waals surface area contributed by atoms with Crippen molar-refractivity contribution >= 4 is 40.7 Å². The number of hydrogen-bond donors (Lipinski definition) is 1. The number of rotatable bonds is 7. The quantitative estimate of drug-likeness (QED) is 0.278. The Bertz CT molecular complexity index is 1830. The summed E-state index contributed by atoms with van der Waals surface area (Å²) in [5.74, 6) is 0.169. The summed E-state index contributed by atoms with van der Waals surface area (Å²) in [5.41, 5.74) is 1.47. The topological polar surface area (TPSA) is 119 Å². The molecule has 4 saturated carbocycles. The average molecular weight is 750 g/mol. The van der Waals surface area contributed by atoms with Crippen molar-refractivity contribution in [1.82, 2.24) is 15.2 Å². The van der Waals surface area contributed by atoms with Gasteiger partial charge in [-0.3, -0.25) is 19.4 Å². The first kappa shape index (κ1) is 37.7. The second kappa shape index (κ2) is 12.4. The van der Waals surface area contributed by atoms with E-state index in [1.165, 1.54) is 5.57 Å². The molecule has 5 aliphatic rings. The Morgan fingerprint density at radius 2 is 1.71 bits per heavy atom. The number of ketones is 1. The SMILES string of the molecule is CC(C)C1=C2[C@H]3CC[C@@H]4[C@@]5(C)CC[C@H](OC(=O)CC(C)(C)C(=O)O)C(C)(C)[C@@H]5CC[C@@]4(C)[C@]3(C)CC[C@@]2(c2nnc(-c3ccc(Cl)cn3)s2)CC1=O. The molecule has 0 aliphatic heterocycles. The van der Waals surface area contributed by atoms with Gasteiger partial charge in [0.05, 0.1) is 22.3 Å². The molecule has 5 aliphatic carbocycles. The van der Waals surface area contributed by atoms with Crippen LogP contribution < -0.4 is 0 Å². The van der Waals surface area contributed by atoms with Gasteiger partial charge in [0, 0.05) is 18.0 Å². The van der Waals surface area contributed by atoms with Crippen LogP contribution in [0.3, 0.4) is 0 Å². The summed E-state index contributed by atoms with van der Waals surface area (Å²) in [6.07, 6.45) is 9.74. The van der Waals surface area contributed by atoms with Gasteiger partial charge in [0.15, 0.2) is 10.8 Å². The molecule has 8 atom stereocenters. The number of ether oxygens (including phenoxy) is 1. The Balaban J connectivity index is 1.20. The molecular weight excluding hydrogens is 694 g/mol. The van der Waals surface area contributed by atoms with Gasteiger partial charge in [-0.2, -0.15) is 0 Å². The number of aliphatic carboxylic acids is 1. The third-order valence-corrected chi connectivity index (χ3v) is 17.0. The lowest BCUT2D eigenvalue weighted by atomic mass is 9.33. The highest BCUT2D eigenvalue weighted by Gasteiger charge is 2.70. The van der Waals surface area contributed by atoms with E-state index in [1.807, 2.05) is 12.1 Å². The van der Waals surface area contributed by atoms with Crippen molar-refractivity contribution in [3.8, 4) is 10.7 Å². The van der Waals surface area contributed by atoms with Gasteiger partial charge in [-0.15, -0.1) is 10.2 Å². The maximum absolute atomic E-state index is 14.2. The summed E-state index contributed by atoms with van der Waals surface area (Å²) in [5, 5.41) is 21.4. The Morgan fingerprint density at radius 1 is 0.981 bits per heavy atom. The molecule has 0 spiro atoms. The minimum absolute atomic E-state index is 0.00855. The van der Waals surface area contributed by atoms with E-state index in [1.54, 1.807) is 31.4 Å². The fourth-order valence-corrected chi connectivity index (χ4v) is 13.9. The average Bonchev–Trinajstić information content (AvgIpc) is 3.66. The summed E-state index contributed by atoms with van der Waals surface area (Å²) in [7, 11) is 0. The van der Waals surface area contributed by atoms with Gasteiger partial charge in [0.2, 0.25) is 0 Å². The van der Waals surface area contributed by atoms with Crippen LogP contribution in [0.2, 0.25) is 5.02 Å². The normalized spacial score (nSPS) is 36.9. The molecule has 0 bridgehead atoms. The first-order chi connectivity index (χ1) is 24.2. The van der Waals surface area contributed by atoms with Crippen molar-refractivity contribution in [2.45, 2.75) is 138 Å². The van der Waals surface area contributed by atoms with Crippen molar-refractivity contribution in [3.63, 3.8) is 0 Å². The molecule has 10 heteroatoms. The Hall–Kier alpha value is -2.65. The molecule has 2 aromatic heterocycles. The van der Waals surface area contributed by atoms with Gasteiger partial charge >= 0.3 is 11.9 Å². The summed E-state index contributed by atoms with van der Waals surface area (Å²) >= 11 is 7.72. The fraction of sp³-hybridized carbons (Fsp3) is 0.714. The molecule has 8 nitrogen and oxygen atoms in total. The Morgan fingerprint density at radius 3 is 2.37 bits per heavy atom. The number of esters is 1. The van der Waals surface area contributed by atoms with Gasteiger partial charge in [-0.05, 0) is 128 Å². The van der Waals surface area contributed by atoms with Crippen molar-refractivity contribution in [2.75, 3.05) is 0 Å². The second-order valence-electron chi connectivity index (χ2n) is 19.3. The molecule has 282 valence electrons. The lowest BCUT2D eigenvalue weighted by Crippen LogP contribution is -2.66. The van der Waals surface area contributed by atoms with Gasteiger partial charge < -0.3 is 9.84 Å². The molecule has 52 heavy (non-hydrogen) atoms. The lowest BCUT2D eigenvalue weighted by molar-refractivity contribution is -0.232. The minimum Gasteiger partial charge on any atom is -0.481 e. The first-order valence-corrected chi connectivity index (χ1v) is 20.6. The summed E-state index contributed by atoms with van der Waals surface area (Å²) in [6.45, 7) is 19.7. The molecular formula is C42H56ClN3O5S. The number of fused-ring (bicyclic) bond motifs is 7. The molecule has 0 amide bonds. The molecule has 0 radical (unpaired) electrons. The third-order valence-electron chi connectivity index (χ3n) is 15.6. The molecule has 7 rings (SSSR count). The molecule has 2 aromatic rings. The van der Waals surface area contributed by atoms with E-state index in [2.05, 4.69) is 58.5 Å². The van der Waals surface area contributed by atoms with Crippen LogP contribution in [0.1, 0.15) is 132 Å². The lowest BCUT2D eigenvalue weighted by Gasteiger charge is -2.72. The zero-order chi connectivity index (χ0) is 37.8.